The van der Waals surface area contributed by atoms with Crippen molar-refractivity contribution in [1.82, 2.24) is 19.8 Å². The molecule has 0 saturated carbocycles. The number of fused-ring (bicyclic) bond motifs is 1. The van der Waals surface area contributed by atoms with E-state index in [-0.39, 0.29) is 11.7 Å². The molecule has 0 aliphatic carbocycles. The molecule has 2 aromatic rings. The molecule has 0 amide bonds. The zero-order valence-corrected chi connectivity index (χ0v) is 17.2. The first-order chi connectivity index (χ1) is 13.2. The lowest BCUT2D eigenvalue weighted by atomic mass is 10.0. The van der Waals surface area contributed by atoms with E-state index in [1.165, 1.54) is 38.5 Å². The molecule has 2 heterocycles. The third-order valence-electron chi connectivity index (χ3n) is 5.55. The summed E-state index contributed by atoms with van der Waals surface area (Å²) in [6.45, 7) is 5.02. The monoisotopic (exact) mass is 388 g/mol. The van der Waals surface area contributed by atoms with Crippen LogP contribution in [-0.4, -0.2) is 39.2 Å². The Kier molecular flexibility index (Phi) is 7.33. The fraction of sp³-hybridized carbons (Fsp3) is 0.619. The van der Waals surface area contributed by atoms with Crippen molar-refractivity contribution in [3.8, 4) is 0 Å². The number of hydrogen-bond donors (Lipinski definition) is 2. The van der Waals surface area contributed by atoms with Gasteiger partial charge in [-0.05, 0) is 43.6 Å². The van der Waals surface area contributed by atoms with Crippen molar-refractivity contribution < 1.29 is 0 Å². The van der Waals surface area contributed by atoms with Crippen LogP contribution in [0.5, 0.6) is 0 Å². The molecule has 148 valence electrons. The third-order valence-corrected chi connectivity index (χ3v) is 5.95. The van der Waals surface area contributed by atoms with Crippen molar-refractivity contribution >= 4 is 28.4 Å². The summed E-state index contributed by atoms with van der Waals surface area (Å²) >= 11 is 5.58. The molecule has 0 unspecified atom stereocenters. The number of thiocarbonyl (C=S) groups is 1. The number of imidazole rings is 1. The lowest BCUT2D eigenvalue weighted by Gasteiger charge is -2.34. The molecular weight excluding hydrogens is 356 g/mol. The summed E-state index contributed by atoms with van der Waals surface area (Å²) in [5.41, 5.74) is 1.92. The molecule has 5 nitrogen and oxygen atoms in total. The minimum atomic E-state index is -0.00146. The van der Waals surface area contributed by atoms with E-state index in [9.17, 15) is 4.79 Å². The smallest absolute Gasteiger partial charge is 0.326 e. The van der Waals surface area contributed by atoms with E-state index < -0.39 is 0 Å². The average Bonchev–Trinajstić information content (AvgIpc) is 3.03. The Hall–Kier alpha value is -1.82. The summed E-state index contributed by atoms with van der Waals surface area (Å²) in [5.74, 6) is 0. The van der Waals surface area contributed by atoms with Gasteiger partial charge in [0.25, 0.3) is 0 Å². The van der Waals surface area contributed by atoms with Gasteiger partial charge in [0.15, 0.2) is 5.11 Å². The van der Waals surface area contributed by atoms with Crippen LogP contribution < -0.4 is 11.0 Å². The third kappa shape index (κ3) is 5.12. The first-order valence-electron chi connectivity index (χ1n) is 10.4. The van der Waals surface area contributed by atoms with Crippen LogP contribution in [0, 0.1) is 0 Å². The number of nitrogens with zero attached hydrogens (tertiary/aromatic N) is 2. The highest BCUT2D eigenvalue weighted by Crippen LogP contribution is 2.24. The molecule has 6 heteroatoms. The highest BCUT2D eigenvalue weighted by atomic mass is 32.1. The second-order valence-corrected chi connectivity index (χ2v) is 7.92. The number of hydrogen-bond acceptors (Lipinski definition) is 2. The van der Waals surface area contributed by atoms with Crippen LogP contribution in [0.25, 0.3) is 11.0 Å². The Morgan fingerprint density at radius 2 is 1.85 bits per heavy atom. The van der Waals surface area contributed by atoms with Gasteiger partial charge in [0.05, 0.1) is 11.0 Å². The van der Waals surface area contributed by atoms with E-state index >= 15 is 0 Å². The maximum absolute atomic E-state index is 12.4. The molecule has 3 rings (SSSR count). The number of likely N-dealkylation sites (tertiary alicyclic amines) is 1. The van der Waals surface area contributed by atoms with Crippen molar-refractivity contribution in [1.29, 1.82) is 0 Å². The highest BCUT2D eigenvalue weighted by molar-refractivity contribution is 7.80. The van der Waals surface area contributed by atoms with E-state index in [0.29, 0.717) is 0 Å². The van der Waals surface area contributed by atoms with Gasteiger partial charge in [0.2, 0.25) is 0 Å². The number of piperidine rings is 1. The van der Waals surface area contributed by atoms with Crippen molar-refractivity contribution in [2.45, 2.75) is 64.3 Å². The number of aromatic nitrogens is 2. The van der Waals surface area contributed by atoms with Crippen LogP contribution in [0.4, 0.5) is 0 Å². The fourth-order valence-electron chi connectivity index (χ4n) is 3.98. The van der Waals surface area contributed by atoms with Crippen molar-refractivity contribution in [2.75, 3.05) is 19.6 Å². The molecule has 27 heavy (non-hydrogen) atoms. The molecule has 1 aromatic carbocycles. The second kappa shape index (κ2) is 9.93. The van der Waals surface area contributed by atoms with E-state index in [1.807, 2.05) is 28.8 Å². The predicted molar refractivity (Wildman–Crippen MR) is 116 cm³/mol. The number of unbranched alkanes of at least 4 members (excludes halogenated alkanes) is 5. The van der Waals surface area contributed by atoms with Gasteiger partial charge in [-0.2, -0.15) is 0 Å². The van der Waals surface area contributed by atoms with E-state index in [4.69, 9.17) is 12.2 Å². The first kappa shape index (κ1) is 19.9. The molecule has 0 spiro atoms. The number of rotatable bonds is 8. The topological polar surface area (TPSA) is 53.1 Å². The molecule has 1 fully saturated rings. The SMILES string of the molecule is CCCCCCCCNC(=S)N1CCC(n2c(=O)[nH]c3ccccc32)CC1. The molecular formula is C21H32N4OS. The van der Waals surface area contributed by atoms with Crippen molar-refractivity contribution in [3.05, 3.63) is 34.7 Å². The molecule has 2 N–H and O–H groups in total. The summed E-state index contributed by atoms with van der Waals surface area (Å²) < 4.78 is 1.93. The number of H-pyrrole nitrogens is 1. The molecule has 1 saturated heterocycles. The summed E-state index contributed by atoms with van der Waals surface area (Å²) in [4.78, 5) is 17.6. The molecule has 1 aliphatic rings. The maximum atomic E-state index is 12.4. The standard InChI is InChI=1S/C21H32N4OS/c1-2-3-4-5-6-9-14-22-21(27)24-15-12-17(13-16-24)25-19-11-8-7-10-18(19)23-20(25)26/h7-8,10-11,17H,2-6,9,12-16H2,1H3,(H,22,27)(H,23,26). The van der Waals surface area contributed by atoms with E-state index in [0.717, 1.165) is 48.6 Å². The lowest BCUT2D eigenvalue weighted by molar-refractivity contribution is 0.264. The van der Waals surface area contributed by atoms with Crippen LogP contribution in [0.15, 0.2) is 29.1 Å². The van der Waals surface area contributed by atoms with E-state index in [2.05, 4.69) is 22.1 Å². The zero-order chi connectivity index (χ0) is 19.1. The predicted octanol–water partition coefficient (Wildman–Crippen LogP) is 4.20. The zero-order valence-electron chi connectivity index (χ0n) is 16.4. The largest absolute Gasteiger partial charge is 0.363 e. The molecule has 0 radical (unpaired) electrons. The van der Waals surface area contributed by atoms with Crippen LogP contribution in [-0.2, 0) is 0 Å². The average molecular weight is 389 g/mol. The molecule has 0 atom stereocenters. The summed E-state index contributed by atoms with van der Waals surface area (Å²) in [5, 5.41) is 4.29. The van der Waals surface area contributed by atoms with Gasteiger partial charge in [0.1, 0.15) is 0 Å². The number of benzene rings is 1. The number of nitrogens with one attached hydrogen (secondary N) is 2. The Balaban J connectivity index is 1.44. The second-order valence-electron chi connectivity index (χ2n) is 7.54. The van der Waals surface area contributed by atoms with Crippen LogP contribution in [0.1, 0.15) is 64.3 Å². The molecule has 1 aliphatic heterocycles. The fourth-order valence-corrected chi connectivity index (χ4v) is 4.26. The van der Waals surface area contributed by atoms with Crippen LogP contribution in [0.3, 0.4) is 0 Å². The Labute approximate surface area is 167 Å². The highest BCUT2D eigenvalue weighted by Gasteiger charge is 2.24. The minimum Gasteiger partial charge on any atom is -0.363 e. The number of aromatic amines is 1. The summed E-state index contributed by atoms with van der Waals surface area (Å²) in [6.07, 6.45) is 9.67. The number of para-hydroxylation sites is 2. The quantitative estimate of drug-likeness (QED) is 0.526. The summed E-state index contributed by atoms with van der Waals surface area (Å²) in [7, 11) is 0. The van der Waals surface area contributed by atoms with Gasteiger partial charge in [-0.25, -0.2) is 4.79 Å². The normalized spacial score (nSPS) is 15.4. The van der Waals surface area contributed by atoms with Crippen molar-refractivity contribution in [2.24, 2.45) is 0 Å². The van der Waals surface area contributed by atoms with Crippen molar-refractivity contribution in [3.63, 3.8) is 0 Å². The minimum absolute atomic E-state index is 0.00146. The van der Waals surface area contributed by atoms with Gasteiger partial charge in [0, 0.05) is 25.7 Å². The lowest BCUT2D eigenvalue weighted by Crippen LogP contribution is -2.45. The first-order valence-corrected chi connectivity index (χ1v) is 10.8. The Morgan fingerprint density at radius 1 is 1.15 bits per heavy atom. The molecule has 0 bridgehead atoms. The van der Waals surface area contributed by atoms with Crippen LogP contribution in [0.2, 0.25) is 0 Å². The van der Waals surface area contributed by atoms with Gasteiger partial charge >= 0.3 is 5.69 Å². The van der Waals surface area contributed by atoms with Gasteiger partial charge in [-0.15, -0.1) is 0 Å². The Bertz CT molecular complexity index is 789. The van der Waals surface area contributed by atoms with Gasteiger partial charge < -0.3 is 15.2 Å². The van der Waals surface area contributed by atoms with Crippen LogP contribution >= 0.6 is 12.2 Å². The molecule has 1 aromatic heterocycles. The Morgan fingerprint density at radius 3 is 2.63 bits per heavy atom. The van der Waals surface area contributed by atoms with Gasteiger partial charge in [-0.1, -0.05) is 51.2 Å². The van der Waals surface area contributed by atoms with E-state index in [1.54, 1.807) is 0 Å². The summed E-state index contributed by atoms with van der Waals surface area (Å²) in [6, 6.07) is 8.17. The van der Waals surface area contributed by atoms with Gasteiger partial charge in [-0.3, -0.25) is 4.57 Å². The maximum Gasteiger partial charge on any atom is 0.326 e.